The Kier molecular flexibility index (Phi) is 5.56. The Labute approximate surface area is 134 Å². The van der Waals surface area contributed by atoms with Crippen LogP contribution >= 0.6 is 0 Å². The van der Waals surface area contributed by atoms with Crippen LogP contribution in [0.4, 0.5) is 0 Å². The van der Waals surface area contributed by atoms with Crippen LogP contribution in [0, 0.1) is 0 Å². The highest BCUT2D eigenvalue weighted by atomic mass is 16.6. The first-order valence-electron chi connectivity index (χ1n) is 8.97. The van der Waals surface area contributed by atoms with Gasteiger partial charge in [0.25, 0.3) is 0 Å². The second-order valence-corrected chi connectivity index (χ2v) is 7.05. The highest BCUT2D eigenvalue weighted by Gasteiger charge is 2.27. The lowest BCUT2D eigenvalue weighted by molar-refractivity contribution is 0.280. The van der Waals surface area contributed by atoms with Gasteiger partial charge in [0.1, 0.15) is 0 Å². The zero-order valence-corrected chi connectivity index (χ0v) is 13.5. The van der Waals surface area contributed by atoms with Crippen LogP contribution in [0.3, 0.4) is 0 Å². The molecule has 3 N–H and O–H groups in total. The van der Waals surface area contributed by atoms with E-state index in [4.69, 9.17) is 10.7 Å². The molecule has 0 atom stereocenters. The van der Waals surface area contributed by atoms with Gasteiger partial charge < -0.3 is 9.78 Å². The minimum atomic E-state index is -1.000. The normalized spacial score (nSPS) is 21.0. The monoisotopic (exact) mass is 301 g/mol. The number of hydrogen-bond donors (Lipinski definition) is 2. The molecule has 4 heteroatoms. The number of hydrogen-bond acceptors (Lipinski definition) is 3. The maximum atomic E-state index is 10.2. The van der Waals surface area contributed by atoms with E-state index in [0.29, 0.717) is 11.8 Å². The second-order valence-electron chi connectivity index (χ2n) is 7.05. The quantitative estimate of drug-likeness (QED) is 0.662. The Morgan fingerprint density at radius 1 is 0.909 bits per heavy atom. The Hall–Kier alpha value is -0.835. The fourth-order valence-electron chi connectivity index (χ4n) is 4.36. The predicted molar refractivity (Wildman–Crippen MR) is 91.0 cm³/mol. The van der Waals surface area contributed by atoms with Gasteiger partial charge >= 0.3 is 7.12 Å². The molecule has 2 saturated carbocycles. The van der Waals surface area contributed by atoms with Crippen molar-refractivity contribution in [1.82, 2.24) is 0 Å². The summed E-state index contributed by atoms with van der Waals surface area (Å²) in [6, 6.07) is 6.68. The summed E-state index contributed by atoms with van der Waals surface area (Å²) in [6.07, 6.45) is 12.9. The van der Waals surface area contributed by atoms with Gasteiger partial charge in [-0.05, 0) is 54.1 Å². The van der Waals surface area contributed by atoms with E-state index in [2.05, 4.69) is 18.2 Å². The van der Waals surface area contributed by atoms with Crippen molar-refractivity contribution in [3.05, 3.63) is 29.3 Å². The summed E-state index contributed by atoms with van der Waals surface area (Å²) in [6.45, 7) is 0. The van der Waals surface area contributed by atoms with E-state index in [0.717, 1.165) is 5.46 Å². The van der Waals surface area contributed by atoms with Crippen LogP contribution in [0.15, 0.2) is 18.2 Å². The smallest absolute Gasteiger partial charge is 0.422 e. The molecule has 0 amide bonds. The molecular formula is C18H28BNO2. The van der Waals surface area contributed by atoms with Gasteiger partial charge in [-0.1, -0.05) is 56.7 Å². The first kappa shape index (κ1) is 16.0. The molecule has 0 heterocycles. The van der Waals surface area contributed by atoms with Gasteiger partial charge in [0.15, 0.2) is 0 Å². The van der Waals surface area contributed by atoms with Crippen LogP contribution in [-0.4, -0.2) is 12.1 Å². The van der Waals surface area contributed by atoms with Crippen molar-refractivity contribution in [3.63, 3.8) is 0 Å². The minimum Gasteiger partial charge on any atom is -0.422 e. The third kappa shape index (κ3) is 3.56. The van der Waals surface area contributed by atoms with E-state index >= 15 is 0 Å². The summed E-state index contributed by atoms with van der Waals surface area (Å²) in [5.41, 5.74) is 3.50. The zero-order chi connectivity index (χ0) is 15.4. The molecule has 0 aromatic heterocycles. The van der Waals surface area contributed by atoms with E-state index in [1.807, 2.05) is 0 Å². The second kappa shape index (κ2) is 7.63. The van der Waals surface area contributed by atoms with Crippen molar-refractivity contribution in [2.24, 2.45) is 5.90 Å². The summed E-state index contributed by atoms with van der Waals surface area (Å²) >= 11 is 0. The third-order valence-corrected chi connectivity index (χ3v) is 5.63. The molecular weight excluding hydrogens is 273 g/mol. The molecule has 0 bridgehead atoms. The molecule has 3 nitrogen and oxygen atoms in total. The van der Waals surface area contributed by atoms with E-state index in [1.165, 1.54) is 75.3 Å². The molecule has 0 aliphatic heterocycles. The number of rotatable bonds is 4. The molecule has 3 rings (SSSR count). The van der Waals surface area contributed by atoms with E-state index in [1.54, 1.807) is 0 Å². The first-order chi connectivity index (χ1) is 10.8. The fraction of sp³-hybridized carbons (Fsp3) is 0.667. The van der Waals surface area contributed by atoms with Crippen molar-refractivity contribution < 1.29 is 9.78 Å². The van der Waals surface area contributed by atoms with Crippen molar-refractivity contribution in [2.45, 2.75) is 76.0 Å². The molecule has 1 aromatic rings. The van der Waals surface area contributed by atoms with Gasteiger partial charge in [0.05, 0.1) is 0 Å². The summed E-state index contributed by atoms with van der Waals surface area (Å²) in [5, 5.41) is 10.2. The van der Waals surface area contributed by atoms with Crippen LogP contribution in [0.25, 0.3) is 0 Å². The average Bonchev–Trinajstić information content (AvgIpc) is 2.62. The molecule has 1 aromatic carbocycles. The minimum absolute atomic E-state index is 0.550. The van der Waals surface area contributed by atoms with Crippen LogP contribution in [0.2, 0.25) is 0 Å². The highest BCUT2D eigenvalue weighted by molar-refractivity contribution is 6.60. The Morgan fingerprint density at radius 3 is 2.09 bits per heavy atom. The van der Waals surface area contributed by atoms with Crippen LogP contribution in [-0.2, 0) is 4.76 Å². The number of nitrogens with two attached hydrogens (primary N) is 1. The van der Waals surface area contributed by atoms with Crippen molar-refractivity contribution >= 4 is 12.6 Å². The average molecular weight is 301 g/mol. The molecule has 2 fully saturated rings. The summed E-state index contributed by atoms with van der Waals surface area (Å²) in [7, 11) is -1.000. The lowest BCUT2D eigenvalue weighted by Gasteiger charge is -2.27. The Balaban J connectivity index is 1.88. The topological polar surface area (TPSA) is 55.5 Å². The Bertz CT molecular complexity index is 482. The standard InChI is InChI=1S/C18H28BNO2/c20-22-19(21)18-13-16(14-7-3-1-4-8-14)11-12-17(18)15-9-5-2-6-10-15/h11-15,21H,1-10,20H2. The largest absolute Gasteiger partial charge is 0.508 e. The van der Waals surface area contributed by atoms with Gasteiger partial charge in [-0.15, -0.1) is 0 Å². The molecule has 0 saturated heterocycles. The molecule has 120 valence electrons. The predicted octanol–water partition coefficient (Wildman–Crippen LogP) is 3.36. The van der Waals surface area contributed by atoms with E-state index in [-0.39, 0.29) is 0 Å². The van der Waals surface area contributed by atoms with Crippen LogP contribution < -0.4 is 11.4 Å². The molecule has 22 heavy (non-hydrogen) atoms. The SMILES string of the molecule is NOB(O)c1cc(C2CCCCC2)ccc1C1CCCCC1. The third-order valence-electron chi connectivity index (χ3n) is 5.63. The molecule has 2 aliphatic rings. The zero-order valence-electron chi connectivity index (χ0n) is 13.5. The van der Waals surface area contributed by atoms with Crippen LogP contribution in [0.5, 0.6) is 0 Å². The van der Waals surface area contributed by atoms with Crippen molar-refractivity contribution in [2.75, 3.05) is 0 Å². The molecule has 0 radical (unpaired) electrons. The van der Waals surface area contributed by atoms with E-state index in [9.17, 15) is 5.02 Å². The molecule has 0 spiro atoms. The van der Waals surface area contributed by atoms with Crippen molar-refractivity contribution in [1.29, 1.82) is 0 Å². The van der Waals surface area contributed by atoms with Gasteiger partial charge in [0, 0.05) is 0 Å². The maximum Gasteiger partial charge on any atom is 0.508 e. The molecule has 2 aliphatic carbocycles. The van der Waals surface area contributed by atoms with Crippen molar-refractivity contribution in [3.8, 4) is 0 Å². The summed E-state index contributed by atoms with van der Waals surface area (Å²) in [5.74, 6) is 6.47. The lowest BCUT2D eigenvalue weighted by Crippen LogP contribution is -2.39. The first-order valence-corrected chi connectivity index (χ1v) is 8.97. The fourth-order valence-corrected chi connectivity index (χ4v) is 4.36. The van der Waals surface area contributed by atoms with Gasteiger partial charge in [-0.3, -0.25) is 0 Å². The van der Waals surface area contributed by atoms with Gasteiger partial charge in [0.2, 0.25) is 0 Å². The maximum absolute atomic E-state index is 10.2. The van der Waals surface area contributed by atoms with E-state index < -0.39 is 7.12 Å². The van der Waals surface area contributed by atoms with Gasteiger partial charge in [-0.2, -0.15) is 0 Å². The molecule has 0 unspecified atom stereocenters. The summed E-state index contributed by atoms with van der Waals surface area (Å²) in [4.78, 5) is 0. The van der Waals surface area contributed by atoms with Crippen LogP contribution in [0.1, 0.15) is 87.2 Å². The van der Waals surface area contributed by atoms with Gasteiger partial charge in [-0.25, -0.2) is 5.90 Å². The number of benzene rings is 1. The Morgan fingerprint density at radius 2 is 1.50 bits per heavy atom. The summed E-state index contributed by atoms with van der Waals surface area (Å²) < 4.78 is 4.77. The highest BCUT2D eigenvalue weighted by Crippen LogP contribution is 2.35. The lowest BCUT2D eigenvalue weighted by atomic mass is 9.69.